The number of pyridine rings is 2. The van der Waals surface area contributed by atoms with Crippen LogP contribution in [-0.4, -0.2) is 33.4 Å². The minimum Gasteiger partial charge on any atom is -0.339 e. The topological polar surface area (TPSA) is 46.1 Å². The van der Waals surface area contributed by atoms with Crippen molar-refractivity contribution in [2.24, 2.45) is 0 Å². The van der Waals surface area contributed by atoms with E-state index in [-0.39, 0.29) is 5.91 Å². The Labute approximate surface area is 137 Å². The largest absolute Gasteiger partial charge is 0.339 e. The number of carbonyl (C=O) groups excluding carboxylic acids is 1. The second-order valence-corrected chi connectivity index (χ2v) is 6.13. The van der Waals surface area contributed by atoms with E-state index in [0.29, 0.717) is 12.5 Å². The van der Waals surface area contributed by atoms with Crippen molar-refractivity contribution in [2.45, 2.75) is 44.6 Å². The molecule has 0 radical (unpaired) electrons. The molecular weight excluding hydrogens is 286 g/mol. The van der Waals surface area contributed by atoms with Crippen molar-refractivity contribution in [3.05, 3.63) is 60.2 Å². The molecule has 2 aromatic heterocycles. The van der Waals surface area contributed by atoms with Gasteiger partial charge in [0.05, 0.1) is 6.42 Å². The lowest BCUT2D eigenvalue weighted by atomic mass is 9.96. The number of nitrogens with zero attached hydrogens (tertiary/aromatic N) is 3. The van der Waals surface area contributed by atoms with Crippen LogP contribution in [0.2, 0.25) is 0 Å². The predicted octanol–water partition coefficient (Wildman–Crippen LogP) is 3.03. The van der Waals surface area contributed by atoms with Crippen LogP contribution in [0.1, 0.15) is 36.9 Å². The Hall–Kier alpha value is -2.23. The molecule has 1 saturated heterocycles. The summed E-state index contributed by atoms with van der Waals surface area (Å²) < 4.78 is 0. The van der Waals surface area contributed by atoms with E-state index < -0.39 is 0 Å². The quantitative estimate of drug-likeness (QED) is 0.853. The van der Waals surface area contributed by atoms with Crippen molar-refractivity contribution in [3.8, 4) is 0 Å². The zero-order valence-corrected chi connectivity index (χ0v) is 13.4. The van der Waals surface area contributed by atoms with Gasteiger partial charge in [0.25, 0.3) is 0 Å². The third-order valence-electron chi connectivity index (χ3n) is 4.49. The summed E-state index contributed by atoms with van der Waals surface area (Å²) in [4.78, 5) is 23.2. The molecule has 3 rings (SSSR count). The van der Waals surface area contributed by atoms with Crippen LogP contribution in [0.15, 0.2) is 48.9 Å². The van der Waals surface area contributed by atoms with E-state index in [1.54, 1.807) is 12.4 Å². The van der Waals surface area contributed by atoms with Gasteiger partial charge < -0.3 is 4.90 Å². The van der Waals surface area contributed by atoms with Crippen molar-refractivity contribution in [2.75, 3.05) is 6.54 Å². The van der Waals surface area contributed by atoms with Gasteiger partial charge in [-0.15, -0.1) is 0 Å². The highest BCUT2D eigenvalue weighted by atomic mass is 16.2. The van der Waals surface area contributed by atoms with Crippen molar-refractivity contribution >= 4 is 5.91 Å². The van der Waals surface area contributed by atoms with Gasteiger partial charge in [0.2, 0.25) is 5.91 Å². The third-order valence-corrected chi connectivity index (χ3v) is 4.49. The molecule has 3 heterocycles. The molecular formula is C19H23N3O. The van der Waals surface area contributed by atoms with E-state index in [4.69, 9.17) is 0 Å². The van der Waals surface area contributed by atoms with Gasteiger partial charge in [-0.1, -0.05) is 12.1 Å². The molecule has 0 unspecified atom stereocenters. The molecule has 0 bridgehead atoms. The van der Waals surface area contributed by atoms with E-state index in [2.05, 4.69) is 20.9 Å². The van der Waals surface area contributed by atoms with Crippen LogP contribution >= 0.6 is 0 Å². The Balaban J connectivity index is 1.60. The van der Waals surface area contributed by atoms with Crippen LogP contribution in [0.5, 0.6) is 0 Å². The van der Waals surface area contributed by atoms with Crippen LogP contribution in [0.3, 0.4) is 0 Å². The fraction of sp³-hybridized carbons (Fsp3) is 0.421. The molecule has 4 heteroatoms. The zero-order chi connectivity index (χ0) is 15.9. The van der Waals surface area contributed by atoms with Crippen LogP contribution in [0.4, 0.5) is 0 Å². The number of likely N-dealkylation sites (tertiary alicyclic amines) is 1. The lowest BCUT2D eigenvalue weighted by molar-refractivity contribution is -0.134. The molecule has 0 spiro atoms. The maximum Gasteiger partial charge on any atom is 0.227 e. The number of hydrogen-bond acceptors (Lipinski definition) is 3. The first-order valence-electron chi connectivity index (χ1n) is 8.41. The molecule has 0 aromatic carbocycles. The standard InChI is InChI=1S/C19H23N3O/c23-19(14-16-6-5-11-20-15-16)22-13-4-2-8-18(22)10-9-17-7-1-3-12-21-17/h1,3,5-7,11-12,15,18H,2,4,8-10,13-14H2/t18-/m0/s1. The van der Waals surface area contributed by atoms with Gasteiger partial charge >= 0.3 is 0 Å². The summed E-state index contributed by atoms with van der Waals surface area (Å²) in [5, 5.41) is 0. The highest BCUT2D eigenvalue weighted by molar-refractivity contribution is 5.79. The first-order valence-corrected chi connectivity index (χ1v) is 8.41. The number of hydrogen-bond donors (Lipinski definition) is 0. The average molecular weight is 309 g/mol. The van der Waals surface area contributed by atoms with Gasteiger partial charge in [-0.05, 0) is 55.9 Å². The van der Waals surface area contributed by atoms with Crippen LogP contribution in [0, 0.1) is 0 Å². The number of amides is 1. The van der Waals surface area contributed by atoms with Crippen LogP contribution < -0.4 is 0 Å². The molecule has 23 heavy (non-hydrogen) atoms. The number of carbonyl (C=O) groups is 1. The van der Waals surface area contributed by atoms with Crippen LogP contribution in [-0.2, 0) is 17.6 Å². The predicted molar refractivity (Wildman–Crippen MR) is 89.9 cm³/mol. The van der Waals surface area contributed by atoms with Crippen molar-refractivity contribution in [1.82, 2.24) is 14.9 Å². The third kappa shape index (κ3) is 4.38. The molecule has 4 nitrogen and oxygen atoms in total. The maximum atomic E-state index is 12.7. The van der Waals surface area contributed by atoms with Gasteiger partial charge in [-0.2, -0.15) is 0 Å². The van der Waals surface area contributed by atoms with Gasteiger partial charge in [0.15, 0.2) is 0 Å². The fourth-order valence-electron chi connectivity index (χ4n) is 3.27. The minimum atomic E-state index is 0.226. The number of aromatic nitrogens is 2. The van der Waals surface area contributed by atoms with Crippen molar-refractivity contribution < 1.29 is 4.79 Å². The molecule has 1 atom stereocenters. The van der Waals surface area contributed by atoms with Crippen molar-refractivity contribution in [1.29, 1.82) is 0 Å². The lowest BCUT2D eigenvalue weighted by Gasteiger charge is -2.36. The summed E-state index contributed by atoms with van der Waals surface area (Å²) in [7, 11) is 0. The van der Waals surface area contributed by atoms with E-state index in [0.717, 1.165) is 43.5 Å². The van der Waals surface area contributed by atoms with Gasteiger partial charge in [0, 0.05) is 36.9 Å². The highest BCUT2D eigenvalue weighted by Crippen LogP contribution is 2.22. The number of piperidine rings is 1. The first-order chi connectivity index (χ1) is 11.3. The summed E-state index contributed by atoms with van der Waals surface area (Å²) in [6.07, 6.45) is 11.2. The zero-order valence-electron chi connectivity index (χ0n) is 13.4. The molecule has 0 N–H and O–H groups in total. The number of aryl methyl sites for hydroxylation is 1. The molecule has 120 valence electrons. The van der Waals surface area contributed by atoms with E-state index in [9.17, 15) is 4.79 Å². The average Bonchev–Trinajstić information content (AvgIpc) is 2.62. The Morgan fingerprint density at radius 3 is 2.91 bits per heavy atom. The second-order valence-electron chi connectivity index (χ2n) is 6.13. The smallest absolute Gasteiger partial charge is 0.227 e. The van der Waals surface area contributed by atoms with E-state index >= 15 is 0 Å². The summed E-state index contributed by atoms with van der Waals surface area (Å²) in [5.74, 6) is 0.226. The second kappa shape index (κ2) is 7.86. The van der Waals surface area contributed by atoms with E-state index in [1.165, 1.54) is 6.42 Å². The first kappa shape index (κ1) is 15.7. The Kier molecular flexibility index (Phi) is 5.35. The Morgan fingerprint density at radius 2 is 2.13 bits per heavy atom. The maximum absolute atomic E-state index is 12.7. The number of rotatable bonds is 5. The molecule has 0 aliphatic carbocycles. The summed E-state index contributed by atoms with van der Waals surface area (Å²) >= 11 is 0. The molecule has 2 aromatic rings. The molecule has 1 aliphatic heterocycles. The Morgan fingerprint density at radius 1 is 1.17 bits per heavy atom. The minimum absolute atomic E-state index is 0.226. The molecule has 1 amide bonds. The highest BCUT2D eigenvalue weighted by Gasteiger charge is 2.26. The molecule has 1 aliphatic rings. The lowest BCUT2D eigenvalue weighted by Crippen LogP contribution is -2.44. The van der Waals surface area contributed by atoms with Gasteiger partial charge in [0.1, 0.15) is 0 Å². The monoisotopic (exact) mass is 309 g/mol. The summed E-state index contributed by atoms with van der Waals surface area (Å²) in [6, 6.07) is 10.2. The Bertz CT molecular complexity index is 615. The summed E-state index contributed by atoms with van der Waals surface area (Å²) in [6.45, 7) is 0.881. The van der Waals surface area contributed by atoms with Gasteiger partial charge in [-0.3, -0.25) is 14.8 Å². The van der Waals surface area contributed by atoms with Crippen LogP contribution in [0.25, 0.3) is 0 Å². The van der Waals surface area contributed by atoms with Crippen molar-refractivity contribution in [3.63, 3.8) is 0 Å². The fourth-order valence-corrected chi connectivity index (χ4v) is 3.27. The van der Waals surface area contributed by atoms with Gasteiger partial charge in [-0.25, -0.2) is 0 Å². The summed E-state index contributed by atoms with van der Waals surface area (Å²) in [5.41, 5.74) is 2.10. The van der Waals surface area contributed by atoms with E-state index in [1.807, 2.05) is 30.5 Å². The molecule has 1 fully saturated rings. The molecule has 0 saturated carbocycles. The normalized spacial score (nSPS) is 17.9. The SMILES string of the molecule is O=C(Cc1cccnc1)N1CCCC[C@H]1CCc1ccccn1.